The Labute approximate surface area is 182 Å². The highest BCUT2D eigenvalue weighted by Crippen LogP contribution is 2.41. The van der Waals surface area contributed by atoms with Crippen molar-refractivity contribution in [2.45, 2.75) is 38.0 Å². The Morgan fingerprint density at radius 3 is 2.44 bits per heavy atom. The average molecular weight is 440 g/mol. The number of anilines is 1. The van der Waals surface area contributed by atoms with Gasteiger partial charge in [-0.15, -0.1) is 0 Å². The quantitative estimate of drug-likeness (QED) is 0.726. The van der Waals surface area contributed by atoms with Crippen molar-refractivity contribution >= 4 is 17.6 Å². The zero-order valence-corrected chi connectivity index (χ0v) is 17.2. The molecular weight excluding hydrogens is 421 g/mol. The van der Waals surface area contributed by atoms with Crippen LogP contribution in [-0.4, -0.2) is 17.5 Å². The summed E-state index contributed by atoms with van der Waals surface area (Å²) in [5.41, 5.74) is 0.0330. The smallest absolute Gasteiger partial charge is 0.347 e. The van der Waals surface area contributed by atoms with Crippen LogP contribution in [0, 0.1) is 11.3 Å². The van der Waals surface area contributed by atoms with Crippen molar-refractivity contribution in [1.29, 1.82) is 5.26 Å². The van der Waals surface area contributed by atoms with Crippen molar-refractivity contribution in [2.75, 3.05) is 4.90 Å². The molecule has 0 aliphatic carbocycles. The van der Waals surface area contributed by atoms with Crippen LogP contribution in [-0.2, 0) is 11.0 Å². The van der Waals surface area contributed by atoms with Gasteiger partial charge in [0.05, 0.1) is 34.5 Å². The summed E-state index contributed by atoms with van der Waals surface area (Å²) in [5, 5.41) is 14.7. The number of nitrogens with one attached hydrogen (secondary N) is 2. The number of nitrogens with zero attached hydrogens (tertiary/aromatic N) is 2. The maximum atomic E-state index is 13.3. The molecule has 0 aromatic heterocycles. The van der Waals surface area contributed by atoms with Crippen LogP contribution in [0.1, 0.15) is 43.0 Å². The summed E-state index contributed by atoms with van der Waals surface area (Å²) in [6, 6.07) is 11.5. The average Bonchev–Trinajstić information content (AvgIpc) is 2.71. The molecule has 0 radical (unpaired) electrons. The highest BCUT2D eigenvalue weighted by atomic mass is 19.4. The Balaban J connectivity index is 1.88. The van der Waals surface area contributed by atoms with Crippen molar-refractivity contribution in [1.82, 2.24) is 10.6 Å². The number of carbonyl (C=O) groups is 2. The van der Waals surface area contributed by atoms with Gasteiger partial charge < -0.3 is 10.6 Å². The summed E-state index contributed by atoms with van der Waals surface area (Å²) >= 11 is 0. The number of urea groups is 1. The van der Waals surface area contributed by atoms with Crippen molar-refractivity contribution in [3.63, 3.8) is 0 Å². The third kappa shape index (κ3) is 3.80. The first-order chi connectivity index (χ1) is 15.0. The molecule has 164 valence electrons. The number of carbonyl (C=O) groups excluding carboxylic acids is 2. The van der Waals surface area contributed by atoms with Crippen LogP contribution in [0.2, 0.25) is 0 Å². The molecule has 0 saturated carbocycles. The predicted molar refractivity (Wildman–Crippen MR) is 110 cm³/mol. The van der Waals surface area contributed by atoms with Crippen LogP contribution < -0.4 is 15.5 Å². The van der Waals surface area contributed by atoms with Gasteiger partial charge in [0.2, 0.25) is 0 Å². The lowest BCUT2D eigenvalue weighted by atomic mass is 9.84. The van der Waals surface area contributed by atoms with Gasteiger partial charge >= 0.3 is 12.2 Å². The zero-order chi connectivity index (χ0) is 23.3. The van der Waals surface area contributed by atoms with E-state index in [1.54, 1.807) is 38.1 Å². The van der Waals surface area contributed by atoms with Crippen LogP contribution in [0.3, 0.4) is 0 Å². The third-order valence-corrected chi connectivity index (χ3v) is 5.45. The van der Waals surface area contributed by atoms with Gasteiger partial charge in [0.25, 0.3) is 5.91 Å². The largest absolute Gasteiger partial charge is 0.416 e. The summed E-state index contributed by atoms with van der Waals surface area (Å²) in [4.78, 5) is 27.4. The first kappa shape index (κ1) is 21.4. The fourth-order valence-electron chi connectivity index (χ4n) is 4.04. The summed E-state index contributed by atoms with van der Waals surface area (Å²) in [6.07, 6.45) is -4.34. The van der Waals surface area contributed by atoms with E-state index < -0.39 is 35.3 Å². The molecule has 1 unspecified atom stereocenters. The molecule has 0 fully saturated rings. The van der Waals surface area contributed by atoms with E-state index in [0.717, 1.165) is 17.0 Å². The molecule has 0 spiro atoms. The van der Waals surface area contributed by atoms with Gasteiger partial charge in [-0.1, -0.05) is 18.2 Å². The second-order valence-corrected chi connectivity index (χ2v) is 8.37. The molecule has 2 heterocycles. The van der Waals surface area contributed by atoms with E-state index in [0.29, 0.717) is 16.8 Å². The highest BCUT2D eigenvalue weighted by Gasteiger charge is 2.44. The van der Waals surface area contributed by atoms with Crippen molar-refractivity contribution < 1.29 is 22.8 Å². The lowest BCUT2D eigenvalue weighted by molar-refractivity contribution is -0.137. The van der Waals surface area contributed by atoms with Gasteiger partial charge in [-0.3, -0.25) is 9.69 Å². The Morgan fingerprint density at radius 2 is 1.81 bits per heavy atom. The summed E-state index contributed by atoms with van der Waals surface area (Å²) < 4.78 is 39.8. The molecule has 6 nitrogen and oxygen atoms in total. The Hall–Kier alpha value is -3.80. The lowest BCUT2D eigenvalue weighted by Gasteiger charge is -2.44. The molecule has 2 aliphatic rings. The van der Waals surface area contributed by atoms with E-state index in [9.17, 15) is 22.8 Å². The molecule has 3 amide bonds. The first-order valence-corrected chi connectivity index (χ1v) is 9.84. The van der Waals surface area contributed by atoms with E-state index in [4.69, 9.17) is 5.26 Å². The minimum absolute atomic E-state index is 0.0219. The van der Waals surface area contributed by atoms with Crippen LogP contribution in [0.15, 0.2) is 59.8 Å². The Morgan fingerprint density at radius 1 is 1.12 bits per heavy atom. The van der Waals surface area contributed by atoms with Gasteiger partial charge in [0.1, 0.15) is 0 Å². The number of benzene rings is 2. The monoisotopic (exact) mass is 440 g/mol. The normalized spacial score (nSPS) is 20.2. The van der Waals surface area contributed by atoms with E-state index in [1.165, 1.54) is 12.1 Å². The van der Waals surface area contributed by atoms with Crippen molar-refractivity contribution in [2.24, 2.45) is 0 Å². The first-order valence-electron chi connectivity index (χ1n) is 9.84. The van der Waals surface area contributed by atoms with Crippen LogP contribution in [0.4, 0.5) is 23.7 Å². The molecule has 2 aromatic rings. The summed E-state index contributed by atoms with van der Waals surface area (Å²) in [7, 11) is 0. The summed E-state index contributed by atoms with van der Waals surface area (Å²) in [6.45, 7) is 3.56. The van der Waals surface area contributed by atoms with Crippen LogP contribution in [0.5, 0.6) is 0 Å². The van der Waals surface area contributed by atoms with Gasteiger partial charge in [-0.05, 0) is 49.7 Å². The molecule has 2 N–H and O–H groups in total. The number of hydrogen-bond acceptors (Lipinski definition) is 3. The molecule has 0 saturated heterocycles. The maximum Gasteiger partial charge on any atom is 0.416 e. The summed E-state index contributed by atoms with van der Waals surface area (Å²) in [5.74, 6) is -0.414. The maximum absolute atomic E-state index is 13.3. The van der Waals surface area contributed by atoms with Crippen molar-refractivity contribution in [3.8, 4) is 6.07 Å². The predicted octanol–water partition coefficient (Wildman–Crippen LogP) is 4.40. The number of hydrogen-bond donors (Lipinski definition) is 2. The molecule has 2 aromatic carbocycles. The fraction of sp³-hybridized carbons (Fsp3) is 0.261. The molecule has 0 bridgehead atoms. The van der Waals surface area contributed by atoms with Gasteiger partial charge in [-0.2, -0.15) is 18.4 Å². The van der Waals surface area contributed by atoms with E-state index in [2.05, 4.69) is 10.6 Å². The van der Waals surface area contributed by atoms with E-state index >= 15 is 0 Å². The number of nitriles is 1. The van der Waals surface area contributed by atoms with Gasteiger partial charge in [-0.25, -0.2) is 4.79 Å². The molecular formula is C23H19F3N4O2. The number of halogens is 3. The van der Waals surface area contributed by atoms with Gasteiger partial charge in [0, 0.05) is 17.7 Å². The molecule has 32 heavy (non-hydrogen) atoms. The number of rotatable bonds is 2. The molecule has 4 rings (SSSR count). The SMILES string of the molecule is CC1(C)CC2=C(C(=O)N1)C(c1ccc(C#N)cc1)NC(=O)N2c1cccc(C(F)(F)F)c1. The zero-order valence-electron chi connectivity index (χ0n) is 17.2. The highest BCUT2D eigenvalue weighted by molar-refractivity contribution is 6.06. The third-order valence-electron chi connectivity index (χ3n) is 5.45. The lowest BCUT2D eigenvalue weighted by Crippen LogP contribution is -2.57. The number of alkyl halides is 3. The Kier molecular flexibility index (Phi) is 4.96. The van der Waals surface area contributed by atoms with Gasteiger partial charge in [0.15, 0.2) is 0 Å². The van der Waals surface area contributed by atoms with E-state index in [1.807, 2.05) is 6.07 Å². The second kappa shape index (κ2) is 7.41. The minimum atomic E-state index is -4.58. The molecule has 1 atom stereocenters. The fourth-order valence-corrected chi connectivity index (χ4v) is 4.04. The minimum Gasteiger partial charge on any atom is -0.347 e. The van der Waals surface area contributed by atoms with Crippen molar-refractivity contribution in [3.05, 3.63) is 76.5 Å². The molecule has 9 heteroatoms. The second-order valence-electron chi connectivity index (χ2n) is 8.37. The Bertz CT molecular complexity index is 1180. The topological polar surface area (TPSA) is 85.2 Å². The van der Waals surface area contributed by atoms with E-state index in [-0.39, 0.29) is 17.7 Å². The van der Waals surface area contributed by atoms with Crippen LogP contribution in [0.25, 0.3) is 0 Å². The standard InChI is InChI=1S/C23H19F3N4O2/c1-22(2)11-17-18(20(31)29-22)19(14-8-6-13(12-27)7-9-14)28-21(32)30(17)16-5-3-4-15(10-16)23(24,25)26/h3-10,19H,11H2,1-2H3,(H,28,32)(H,29,31). The van der Waals surface area contributed by atoms with Crippen LogP contribution >= 0.6 is 0 Å². The number of amides is 3. The molecule has 2 aliphatic heterocycles.